The first kappa shape index (κ1) is 16.5. The molecule has 112 valence electrons. The quantitative estimate of drug-likeness (QED) is 0.363. The van der Waals surface area contributed by atoms with Crippen LogP contribution < -0.4 is 5.32 Å². The van der Waals surface area contributed by atoms with E-state index in [4.69, 9.17) is 11.6 Å². The normalized spacial score (nSPS) is 11.4. The van der Waals surface area contributed by atoms with E-state index in [0.29, 0.717) is 0 Å². The van der Waals surface area contributed by atoms with Crippen LogP contribution in [-0.2, 0) is 0 Å². The Balaban J connectivity index is 2.59. The lowest BCUT2D eigenvalue weighted by Crippen LogP contribution is -2.09. The number of hydrogen-bond acceptors (Lipinski definition) is 3. The Hall–Kier alpha value is -1.57. The molecule has 0 aliphatic heterocycles. The van der Waals surface area contributed by atoms with Crippen molar-refractivity contribution in [3.05, 3.63) is 33.1 Å². The van der Waals surface area contributed by atoms with E-state index in [1.165, 1.54) is 0 Å². The third kappa shape index (κ3) is 5.20. The maximum atomic E-state index is 13.2. The van der Waals surface area contributed by atoms with Gasteiger partial charge in [0.25, 0.3) is 5.69 Å². The molecule has 0 bridgehead atoms. The molecule has 0 aliphatic carbocycles. The van der Waals surface area contributed by atoms with Gasteiger partial charge in [0.2, 0.25) is 0 Å². The second kappa shape index (κ2) is 6.74. The Morgan fingerprint density at radius 2 is 1.95 bits per heavy atom. The van der Waals surface area contributed by atoms with Gasteiger partial charge in [-0.1, -0.05) is 11.6 Å². The number of alkyl halides is 3. The molecule has 1 rings (SSSR count). The van der Waals surface area contributed by atoms with Crippen molar-refractivity contribution in [3.63, 3.8) is 0 Å². The third-order valence-electron chi connectivity index (χ3n) is 2.44. The molecule has 0 saturated carbocycles. The molecule has 9 heteroatoms. The molecule has 0 fully saturated rings. The molecule has 20 heavy (non-hydrogen) atoms. The molecular weight excluding hydrogens is 304 g/mol. The first-order valence-electron chi connectivity index (χ1n) is 5.65. The number of halogens is 5. The van der Waals surface area contributed by atoms with Crippen LogP contribution in [0.25, 0.3) is 0 Å². The molecule has 1 aromatic carbocycles. The van der Waals surface area contributed by atoms with Crippen LogP contribution in [-0.4, -0.2) is 17.6 Å². The van der Waals surface area contributed by atoms with E-state index in [-0.39, 0.29) is 30.1 Å². The van der Waals surface area contributed by atoms with Gasteiger partial charge in [0.1, 0.15) is 11.5 Å². The number of nitrogens with one attached hydrogen (secondary N) is 1. The summed E-state index contributed by atoms with van der Waals surface area (Å²) in [6.45, 7) is 0.0675. The number of unbranched alkanes of at least 4 members (excludes halogenated alkanes) is 1. The molecule has 0 saturated heterocycles. The van der Waals surface area contributed by atoms with E-state index in [0.717, 1.165) is 12.1 Å². The number of benzene rings is 1. The maximum absolute atomic E-state index is 13.2. The number of nitro groups is 1. The number of nitro benzene ring substituents is 1. The van der Waals surface area contributed by atoms with E-state index in [2.05, 4.69) is 5.32 Å². The maximum Gasteiger partial charge on any atom is 0.389 e. The van der Waals surface area contributed by atoms with Crippen LogP contribution in [0.5, 0.6) is 0 Å². The first-order chi connectivity index (χ1) is 9.20. The van der Waals surface area contributed by atoms with Crippen molar-refractivity contribution in [2.45, 2.75) is 25.4 Å². The summed E-state index contributed by atoms with van der Waals surface area (Å²) in [6, 6.07) is 1.71. The Bertz CT molecular complexity index is 494. The second-order valence-corrected chi connectivity index (χ2v) is 4.45. The highest BCUT2D eigenvalue weighted by molar-refractivity contribution is 6.31. The summed E-state index contributed by atoms with van der Waals surface area (Å²) in [5.41, 5.74) is -0.531. The van der Waals surface area contributed by atoms with Gasteiger partial charge in [-0.05, 0) is 12.8 Å². The Morgan fingerprint density at radius 1 is 1.30 bits per heavy atom. The molecule has 0 atom stereocenters. The molecule has 0 aliphatic rings. The van der Waals surface area contributed by atoms with Gasteiger partial charge in [0.05, 0.1) is 9.95 Å². The highest BCUT2D eigenvalue weighted by Crippen LogP contribution is 2.30. The zero-order chi connectivity index (χ0) is 15.3. The van der Waals surface area contributed by atoms with Gasteiger partial charge < -0.3 is 5.32 Å². The predicted octanol–water partition coefficient (Wildman–Crippen LogP) is 4.53. The van der Waals surface area contributed by atoms with Gasteiger partial charge >= 0.3 is 6.18 Å². The number of nitrogens with zero attached hydrogens (tertiary/aromatic N) is 1. The zero-order valence-electron chi connectivity index (χ0n) is 10.1. The fourth-order valence-electron chi connectivity index (χ4n) is 1.50. The van der Waals surface area contributed by atoms with Crippen molar-refractivity contribution >= 4 is 23.0 Å². The Kier molecular flexibility index (Phi) is 5.55. The largest absolute Gasteiger partial charge is 0.389 e. The van der Waals surface area contributed by atoms with Crippen molar-refractivity contribution in [1.29, 1.82) is 0 Å². The Labute approximate surface area is 116 Å². The molecule has 4 nitrogen and oxygen atoms in total. The summed E-state index contributed by atoms with van der Waals surface area (Å²) in [4.78, 5) is 9.99. The van der Waals surface area contributed by atoms with Crippen LogP contribution in [0.3, 0.4) is 0 Å². The topological polar surface area (TPSA) is 55.2 Å². The average molecular weight is 315 g/mol. The lowest BCUT2D eigenvalue weighted by molar-refractivity contribution is -0.384. The standard InChI is InChI=1S/C11H11ClF4N2O2/c12-7-5-10(18(19)20)9(6-8(7)13)17-4-2-1-3-11(14,15)16/h5-6,17H,1-4H2. The monoisotopic (exact) mass is 314 g/mol. The van der Waals surface area contributed by atoms with Crippen LogP contribution in [0.2, 0.25) is 5.02 Å². The highest BCUT2D eigenvalue weighted by Gasteiger charge is 2.25. The SMILES string of the molecule is O=[N+]([O-])c1cc(Cl)c(F)cc1NCCCCC(F)(F)F. The summed E-state index contributed by atoms with van der Waals surface area (Å²) >= 11 is 5.43. The van der Waals surface area contributed by atoms with Crippen molar-refractivity contribution in [2.24, 2.45) is 0 Å². The van der Waals surface area contributed by atoms with Crippen molar-refractivity contribution < 1.29 is 22.5 Å². The minimum atomic E-state index is -4.22. The van der Waals surface area contributed by atoms with Gasteiger partial charge in [-0.2, -0.15) is 13.2 Å². The molecule has 0 spiro atoms. The van der Waals surface area contributed by atoms with Crippen molar-refractivity contribution in [3.8, 4) is 0 Å². The van der Waals surface area contributed by atoms with Crippen molar-refractivity contribution in [1.82, 2.24) is 0 Å². The summed E-state index contributed by atoms with van der Waals surface area (Å²) in [7, 11) is 0. The summed E-state index contributed by atoms with van der Waals surface area (Å²) in [6.07, 6.45) is -5.11. The molecule has 0 aromatic heterocycles. The second-order valence-electron chi connectivity index (χ2n) is 4.04. The van der Waals surface area contributed by atoms with Crippen LogP contribution in [0, 0.1) is 15.9 Å². The molecule has 1 aromatic rings. The molecule has 1 N–H and O–H groups in total. The van der Waals surface area contributed by atoms with Crippen LogP contribution >= 0.6 is 11.6 Å². The van der Waals surface area contributed by atoms with Crippen LogP contribution in [0.15, 0.2) is 12.1 Å². The van der Waals surface area contributed by atoms with E-state index < -0.39 is 29.0 Å². The molecule has 0 unspecified atom stereocenters. The zero-order valence-corrected chi connectivity index (χ0v) is 10.9. The fraction of sp³-hybridized carbons (Fsp3) is 0.455. The summed E-state index contributed by atoms with van der Waals surface area (Å²) in [5, 5.41) is 12.9. The molecular formula is C11H11ClF4N2O2. The minimum absolute atomic E-state index is 0.0675. The van der Waals surface area contributed by atoms with E-state index in [1.807, 2.05) is 0 Å². The molecule has 0 amide bonds. The van der Waals surface area contributed by atoms with Crippen LogP contribution in [0.1, 0.15) is 19.3 Å². The first-order valence-corrected chi connectivity index (χ1v) is 6.02. The van der Waals surface area contributed by atoms with E-state index in [1.54, 1.807) is 0 Å². The minimum Gasteiger partial charge on any atom is -0.379 e. The van der Waals surface area contributed by atoms with Gasteiger partial charge in [0.15, 0.2) is 0 Å². The lowest BCUT2D eigenvalue weighted by atomic mass is 10.2. The van der Waals surface area contributed by atoms with Gasteiger partial charge in [-0.3, -0.25) is 10.1 Å². The van der Waals surface area contributed by atoms with Crippen LogP contribution in [0.4, 0.5) is 28.9 Å². The molecule has 0 radical (unpaired) electrons. The number of anilines is 1. The lowest BCUT2D eigenvalue weighted by Gasteiger charge is -2.09. The third-order valence-corrected chi connectivity index (χ3v) is 2.73. The van der Waals surface area contributed by atoms with E-state index >= 15 is 0 Å². The molecule has 0 heterocycles. The summed E-state index contributed by atoms with van der Waals surface area (Å²) in [5.74, 6) is -0.838. The predicted molar refractivity (Wildman–Crippen MR) is 66.5 cm³/mol. The Morgan fingerprint density at radius 3 is 2.50 bits per heavy atom. The highest BCUT2D eigenvalue weighted by atomic mass is 35.5. The number of hydrogen-bond donors (Lipinski definition) is 1. The smallest absolute Gasteiger partial charge is 0.379 e. The average Bonchev–Trinajstić information content (AvgIpc) is 2.31. The van der Waals surface area contributed by atoms with Gasteiger partial charge in [-0.15, -0.1) is 0 Å². The van der Waals surface area contributed by atoms with Gasteiger partial charge in [-0.25, -0.2) is 4.39 Å². The van der Waals surface area contributed by atoms with Gasteiger partial charge in [0, 0.05) is 25.1 Å². The number of rotatable bonds is 6. The summed E-state index contributed by atoms with van der Waals surface area (Å²) < 4.78 is 48.9. The fourth-order valence-corrected chi connectivity index (χ4v) is 1.66. The van der Waals surface area contributed by atoms with E-state index in [9.17, 15) is 27.7 Å². The van der Waals surface area contributed by atoms with Crippen molar-refractivity contribution in [2.75, 3.05) is 11.9 Å².